The van der Waals surface area contributed by atoms with Crippen molar-refractivity contribution < 1.29 is 4.74 Å². The van der Waals surface area contributed by atoms with Gasteiger partial charge in [-0.25, -0.2) is 4.98 Å². The molecule has 0 aliphatic carbocycles. The number of hydrogen-bond donors (Lipinski definition) is 2. The summed E-state index contributed by atoms with van der Waals surface area (Å²) in [4.78, 5) is 8.76. The second-order valence-electron chi connectivity index (χ2n) is 7.50. The summed E-state index contributed by atoms with van der Waals surface area (Å²) in [6, 6.07) is 11.9. The van der Waals surface area contributed by atoms with Gasteiger partial charge in [-0.05, 0) is 47.2 Å². The maximum absolute atomic E-state index is 5.93. The fraction of sp³-hybridized carbons (Fsp3) is 0.250. The van der Waals surface area contributed by atoms with Crippen LogP contribution in [0.2, 0.25) is 0 Å². The Morgan fingerprint density at radius 2 is 1.96 bits per heavy atom. The quantitative estimate of drug-likeness (QED) is 0.561. The second kappa shape index (κ2) is 6.29. The molecule has 6 nitrogen and oxygen atoms in total. The molecule has 0 saturated heterocycles. The third-order valence-corrected chi connectivity index (χ3v) is 3.95. The lowest BCUT2D eigenvalue weighted by molar-refractivity contribution is 0.194. The van der Waals surface area contributed by atoms with Crippen molar-refractivity contribution in [2.75, 3.05) is 11.9 Å². The van der Waals surface area contributed by atoms with Crippen molar-refractivity contribution in [1.29, 1.82) is 0 Å². The predicted molar refractivity (Wildman–Crippen MR) is 104 cm³/mol. The smallest absolute Gasteiger partial charge is 0.221 e. The third-order valence-electron chi connectivity index (χ3n) is 3.95. The molecular weight excluding hydrogens is 326 g/mol. The molecule has 6 heteroatoms. The van der Waals surface area contributed by atoms with Crippen LogP contribution in [-0.2, 0) is 0 Å². The molecule has 0 unspecified atom stereocenters. The number of rotatable bonds is 4. The van der Waals surface area contributed by atoms with Crippen LogP contribution in [0.4, 0.5) is 11.5 Å². The van der Waals surface area contributed by atoms with Crippen LogP contribution in [0.1, 0.15) is 20.8 Å². The first-order valence-corrected chi connectivity index (χ1v) is 8.57. The monoisotopic (exact) mass is 347 g/mol. The fourth-order valence-corrected chi connectivity index (χ4v) is 2.71. The van der Waals surface area contributed by atoms with E-state index in [2.05, 4.69) is 52.3 Å². The molecule has 0 saturated carbocycles. The van der Waals surface area contributed by atoms with Gasteiger partial charge in [-0.15, -0.1) is 0 Å². The van der Waals surface area contributed by atoms with Crippen LogP contribution < -0.4 is 10.1 Å². The number of pyridine rings is 2. The van der Waals surface area contributed by atoms with Gasteiger partial charge >= 0.3 is 0 Å². The molecule has 2 N–H and O–H groups in total. The Morgan fingerprint density at radius 1 is 1.08 bits per heavy atom. The number of H-pyrrole nitrogens is 1. The zero-order chi connectivity index (χ0) is 18.1. The normalized spacial score (nSPS) is 11.8. The van der Waals surface area contributed by atoms with E-state index in [9.17, 15) is 0 Å². The minimum Gasteiger partial charge on any atom is -0.477 e. The van der Waals surface area contributed by atoms with Crippen LogP contribution in [-0.4, -0.2) is 26.8 Å². The van der Waals surface area contributed by atoms with E-state index in [0.29, 0.717) is 18.3 Å². The lowest BCUT2D eigenvalue weighted by Gasteiger charge is -2.19. The van der Waals surface area contributed by atoms with E-state index in [-0.39, 0.29) is 5.41 Å². The SMILES string of the molecule is CC(C)(C)COc1nccc2cc(Nc3n[nH]c4cccnc34)ccc12. The highest BCUT2D eigenvalue weighted by Gasteiger charge is 2.13. The maximum Gasteiger partial charge on any atom is 0.221 e. The van der Waals surface area contributed by atoms with Gasteiger partial charge in [0.1, 0.15) is 5.52 Å². The highest BCUT2D eigenvalue weighted by Crippen LogP contribution is 2.29. The molecule has 132 valence electrons. The molecule has 3 heterocycles. The predicted octanol–water partition coefficient (Wildman–Crippen LogP) is 4.67. The van der Waals surface area contributed by atoms with Crippen LogP contribution in [0.5, 0.6) is 5.88 Å². The van der Waals surface area contributed by atoms with E-state index in [1.54, 1.807) is 12.4 Å². The molecule has 0 bridgehead atoms. The Labute approximate surface area is 151 Å². The number of aromatic nitrogens is 4. The van der Waals surface area contributed by atoms with Crippen LogP contribution in [0.3, 0.4) is 0 Å². The molecular formula is C20H21N5O. The number of nitrogens with one attached hydrogen (secondary N) is 2. The zero-order valence-corrected chi connectivity index (χ0v) is 15.1. The summed E-state index contributed by atoms with van der Waals surface area (Å²) in [5.41, 5.74) is 2.73. The molecule has 0 aliphatic heterocycles. The summed E-state index contributed by atoms with van der Waals surface area (Å²) >= 11 is 0. The van der Waals surface area contributed by atoms with Gasteiger partial charge < -0.3 is 10.1 Å². The van der Waals surface area contributed by atoms with E-state index < -0.39 is 0 Å². The molecule has 0 amide bonds. The summed E-state index contributed by atoms with van der Waals surface area (Å²) in [5, 5.41) is 12.7. The fourth-order valence-electron chi connectivity index (χ4n) is 2.71. The Bertz CT molecular complexity index is 1060. The molecule has 0 radical (unpaired) electrons. The van der Waals surface area contributed by atoms with Gasteiger partial charge in [0, 0.05) is 23.5 Å². The first-order valence-electron chi connectivity index (χ1n) is 8.57. The number of hydrogen-bond acceptors (Lipinski definition) is 5. The van der Waals surface area contributed by atoms with Crippen molar-refractivity contribution in [1.82, 2.24) is 20.2 Å². The molecule has 26 heavy (non-hydrogen) atoms. The van der Waals surface area contributed by atoms with E-state index in [0.717, 1.165) is 27.5 Å². The largest absolute Gasteiger partial charge is 0.477 e. The summed E-state index contributed by atoms with van der Waals surface area (Å²) in [6.45, 7) is 7.04. The van der Waals surface area contributed by atoms with Crippen LogP contribution in [0.15, 0.2) is 48.8 Å². The lowest BCUT2D eigenvalue weighted by Crippen LogP contribution is -2.17. The van der Waals surface area contributed by atoms with Crippen molar-refractivity contribution in [3.63, 3.8) is 0 Å². The van der Waals surface area contributed by atoms with Crippen molar-refractivity contribution in [2.45, 2.75) is 20.8 Å². The maximum atomic E-state index is 5.93. The lowest BCUT2D eigenvalue weighted by atomic mass is 9.99. The minimum absolute atomic E-state index is 0.0827. The number of ether oxygens (including phenoxy) is 1. The van der Waals surface area contributed by atoms with E-state index in [1.165, 1.54) is 0 Å². The first-order chi connectivity index (χ1) is 12.5. The topological polar surface area (TPSA) is 75.7 Å². The van der Waals surface area contributed by atoms with Crippen molar-refractivity contribution in [3.8, 4) is 5.88 Å². The van der Waals surface area contributed by atoms with Crippen molar-refractivity contribution >= 4 is 33.3 Å². The Hall–Kier alpha value is -3.15. The zero-order valence-electron chi connectivity index (χ0n) is 15.1. The highest BCUT2D eigenvalue weighted by atomic mass is 16.5. The number of anilines is 2. The first kappa shape index (κ1) is 16.3. The molecule has 0 fully saturated rings. The van der Waals surface area contributed by atoms with Gasteiger partial charge in [0.15, 0.2) is 5.82 Å². The average molecular weight is 347 g/mol. The highest BCUT2D eigenvalue weighted by molar-refractivity contribution is 5.92. The van der Waals surface area contributed by atoms with Gasteiger partial charge in [0.25, 0.3) is 0 Å². The molecule has 0 atom stereocenters. The van der Waals surface area contributed by atoms with Crippen molar-refractivity contribution in [3.05, 3.63) is 48.8 Å². The molecule has 4 rings (SSSR count). The van der Waals surface area contributed by atoms with Crippen LogP contribution in [0, 0.1) is 5.41 Å². The molecule has 0 aliphatic rings. The summed E-state index contributed by atoms with van der Waals surface area (Å²) < 4.78 is 5.93. The Balaban J connectivity index is 1.64. The van der Waals surface area contributed by atoms with Crippen molar-refractivity contribution in [2.24, 2.45) is 5.41 Å². The summed E-state index contributed by atoms with van der Waals surface area (Å²) in [7, 11) is 0. The van der Waals surface area contributed by atoms with Crippen LogP contribution in [0.25, 0.3) is 21.8 Å². The standard InChI is InChI=1S/C20H21N5O/c1-20(2,3)12-26-19-15-7-6-14(11-13(15)8-10-22-19)23-18-17-16(24-25-18)5-4-9-21-17/h4-11H,12H2,1-3H3,(H2,23,24,25). The van der Waals surface area contributed by atoms with E-state index in [4.69, 9.17) is 4.74 Å². The molecule has 4 aromatic rings. The molecule has 1 aromatic carbocycles. The minimum atomic E-state index is 0.0827. The van der Waals surface area contributed by atoms with E-state index >= 15 is 0 Å². The van der Waals surface area contributed by atoms with Gasteiger partial charge in [0.05, 0.1) is 12.1 Å². The second-order valence-corrected chi connectivity index (χ2v) is 7.50. The average Bonchev–Trinajstić information content (AvgIpc) is 3.02. The number of benzene rings is 1. The number of fused-ring (bicyclic) bond motifs is 2. The van der Waals surface area contributed by atoms with Gasteiger partial charge in [-0.3, -0.25) is 10.1 Å². The van der Waals surface area contributed by atoms with Crippen LogP contribution >= 0.6 is 0 Å². The van der Waals surface area contributed by atoms with Gasteiger partial charge in [-0.1, -0.05) is 20.8 Å². The number of aromatic amines is 1. The molecule has 0 spiro atoms. The molecule has 3 aromatic heterocycles. The Kier molecular flexibility index (Phi) is 3.95. The summed E-state index contributed by atoms with van der Waals surface area (Å²) in [6.07, 6.45) is 3.53. The third kappa shape index (κ3) is 3.31. The van der Waals surface area contributed by atoms with Gasteiger partial charge in [-0.2, -0.15) is 5.10 Å². The summed E-state index contributed by atoms with van der Waals surface area (Å²) in [5.74, 6) is 1.37. The van der Waals surface area contributed by atoms with Gasteiger partial charge in [0.2, 0.25) is 5.88 Å². The number of nitrogens with zero attached hydrogens (tertiary/aromatic N) is 3. The van der Waals surface area contributed by atoms with E-state index in [1.807, 2.05) is 30.3 Å². The Morgan fingerprint density at radius 3 is 2.81 bits per heavy atom.